The first kappa shape index (κ1) is 23.5. The fourth-order valence-electron chi connectivity index (χ4n) is 5.34. The predicted molar refractivity (Wildman–Crippen MR) is 129 cm³/mol. The maximum Gasteiger partial charge on any atom is 0.231 e. The molecule has 1 amide bonds. The summed E-state index contributed by atoms with van der Waals surface area (Å²) in [5.74, 6) is 0.812. The highest BCUT2D eigenvalue weighted by Crippen LogP contribution is 2.44. The third kappa shape index (κ3) is 4.76. The van der Waals surface area contributed by atoms with Crippen molar-refractivity contribution in [2.45, 2.75) is 31.4 Å². The number of fused-ring (bicyclic) bond motifs is 1. The van der Waals surface area contributed by atoms with Crippen LogP contribution in [0.1, 0.15) is 48.2 Å². The third-order valence-electron chi connectivity index (χ3n) is 7.25. The summed E-state index contributed by atoms with van der Waals surface area (Å²) >= 11 is 6.11. The summed E-state index contributed by atoms with van der Waals surface area (Å²) in [4.78, 5) is 28.9. The fraction of sp³-hybridized carbons (Fsp3) is 0.560. The van der Waals surface area contributed by atoms with Crippen LogP contribution in [-0.4, -0.2) is 84.7 Å². The quantitative estimate of drug-likeness (QED) is 0.644. The molecule has 2 fully saturated rings. The number of amides is 1. The molecule has 1 aliphatic carbocycles. The van der Waals surface area contributed by atoms with Crippen molar-refractivity contribution in [3.05, 3.63) is 52.4 Å². The van der Waals surface area contributed by atoms with E-state index in [0.717, 1.165) is 30.0 Å². The number of aromatic nitrogens is 2. The molecule has 0 radical (unpaired) electrons. The van der Waals surface area contributed by atoms with E-state index in [1.54, 1.807) is 0 Å². The van der Waals surface area contributed by atoms with Crippen LogP contribution in [0.3, 0.4) is 0 Å². The zero-order chi connectivity index (χ0) is 23.7. The van der Waals surface area contributed by atoms with E-state index in [-0.39, 0.29) is 17.7 Å². The SMILES string of the molecule is C[C@@H]1CC(F)c2ncnc(N3CCN(C(=O)[C@@H](CN4CCOCC4)c4ccc(Cl)cc4)CC3)c21. The monoisotopic (exact) mass is 487 g/mol. The molecular formula is C25H31ClFN5O2. The number of morpholine rings is 1. The summed E-state index contributed by atoms with van der Waals surface area (Å²) < 4.78 is 19.9. The molecule has 1 unspecified atom stereocenters. The minimum Gasteiger partial charge on any atom is -0.379 e. The van der Waals surface area contributed by atoms with Gasteiger partial charge in [0.25, 0.3) is 0 Å². The number of benzene rings is 1. The Morgan fingerprint density at radius 3 is 2.53 bits per heavy atom. The lowest BCUT2D eigenvalue weighted by Gasteiger charge is -2.39. The molecule has 2 aliphatic heterocycles. The van der Waals surface area contributed by atoms with E-state index in [0.29, 0.717) is 63.1 Å². The van der Waals surface area contributed by atoms with E-state index in [1.165, 1.54) is 6.33 Å². The van der Waals surface area contributed by atoms with Crippen molar-refractivity contribution in [2.24, 2.45) is 0 Å². The van der Waals surface area contributed by atoms with Gasteiger partial charge in [-0.2, -0.15) is 0 Å². The molecule has 0 spiro atoms. The summed E-state index contributed by atoms with van der Waals surface area (Å²) in [5.41, 5.74) is 2.45. The van der Waals surface area contributed by atoms with Gasteiger partial charge in [-0.05, 0) is 30.0 Å². The van der Waals surface area contributed by atoms with Crippen molar-refractivity contribution in [2.75, 3.05) is 63.9 Å². The molecule has 3 aliphatic rings. The number of halogens is 2. The number of anilines is 1. The van der Waals surface area contributed by atoms with Gasteiger partial charge in [0.15, 0.2) is 0 Å². The van der Waals surface area contributed by atoms with Crippen LogP contribution in [0.4, 0.5) is 10.2 Å². The van der Waals surface area contributed by atoms with Crippen molar-refractivity contribution in [3.63, 3.8) is 0 Å². The van der Waals surface area contributed by atoms with Crippen LogP contribution in [0.15, 0.2) is 30.6 Å². The van der Waals surface area contributed by atoms with Gasteiger partial charge in [-0.15, -0.1) is 0 Å². The summed E-state index contributed by atoms with van der Waals surface area (Å²) in [6, 6.07) is 7.62. The van der Waals surface area contributed by atoms with Crippen LogP contribution in [0, 0.1) is 0 Å². The molecule has 3 atom stereocenters. The van der Waals surface area contributed by atoms with Crippen molar-refractivity contribution in [3.8, 4) is 0 Å². The second-order valence-corrected chi connectivity index (χ2v) is 9.87. The van der Waals surface area contributed by atoms with Crippen LogP contribution in [0.2, 0.25) is 5.02 Å². The maximum atomic E-state index is 14.4. The Balaban J connectivity index is 1.30. The fourth-order valence-corrected chi connectivity index (χ4v) is 5.46. The standard InChI is InChI=1S/C25H31ClFN5O2/c1-17-14-21(27)23-22(17)24(29-16-28-23)31-6-8-32(9-7-31)25(33)20(15-30-10-12-34-13-11-30)18-2-4-19(26)5-3-18/h2-5,16-17,20-21H,6-15H2,1H3/t17-,20+,21?/m1/s1. The topological polar surface area (TPSA) is 61.8 Å². The van der Waals surface area contributed by atoms with E-state index >= 15 is 0 Å². The van der Waals surface area contributed by atoms with Crippen LogP contribution in [-0.2, 0) is 9.53 Å². The van der Waals surface area contributed by atoms with Gasteiger partial charge in [-0.1, -0.05) is 30.7 Å². The number of carbonyl (C=O) groups excluding carboxylic acids is 1. The second kappa shape index (κ2) is 10.1. The number of hydrogen-bond acceptors (Lipinski definition) is 6. The minimum atomic E-state index is -1.02. The smallest absolute Gasteiger partial charge is 0.231 e. The number of rotatable bonds is 5. The summed E-state index contributed by atoms with van der Waals surface area (Å²) in [5, 5.41) is 0.664. The average Bonchev–Trinajstić information content (AvgIpc) is 3.17. The van der Waals surface area contributed by atoms with Crippen LogP contribution in [0.25, 0.3) is 0 Å². The number of carbonyl (C=O) groups is 1. The second-order valence-electron chi connectivity index (χ2n) is 9.43. The van der Waals surface area contributed by atoms with Crippen molar-refractivity contribution in [1.82, 2.24) is 19.8 Å². The number of hydrogen-bond donors (Lipinski definition) is 0. The molecule has 2 saturated heterocycles. The van der Waals surface area contributed by atoms with Crippen molar-refractivity contribution < 1.29 is 13.9 Å². The molecule has 182 valence electrons. The number of nitrogens with zero attached hydrogens (tertiary/aromatic N) is 5. The molecule has 0 bridgehead atoms. The van der Waals surface area contributed by atoms with Gasteiger partial charge in [0.05, 0.1) is 24.8 Å². The van der Waals surface area contributed by atoms with Gasteiger partial charge in [0, 0.05) is 56.4 Å². The first-order valence-corrected chi connectivity index (χ1v) is 12.5. The molecule has 1 aromatic carbocycles. The van der Waals surface area contributed by atoms with E-state index in [9.17, 15) is 9.18 Å². The molecule has 0 saturated carbocycles. The lowest BCUT2D eigenvalue weighted by atomic mass is 9.96. The molecular weight excluding hydrogens is 457 g/mol. The first-order chi connectivity index (χ1) is 16.5. The number of ether oxygens (including phenoxy) is 1. The Bertz CT molecular complexity index is 1010. The van der Waals surface area contributed by atoms with Crippen LogP contribution < -0.4 is 4.90 Å². The van der Waals surface area contributed by atoms with Gasteiger partial charge in [0.2, 0.25) is 5.91 Å². The average molecular weight is 488 g/mol. The molecule has 2 aromatic rings. The largest absolute Gasteiger partial charge is 0.379 e. The Morgan fingerprint density at radius 1 is 1.12 bits per heavy atom. The molecule has 5 rings (SSSR count). The Kier molecular flexibility index (Phi) is 6.99. The Labute approximate surface area is 204 Å². The van der Waals surface area contributed by atoms with Gasteiger partial charge < -0.3 is 14.5 Å². The van der Waals surface area contributed by atoms with Gasteiger partial charge in [-0.25, -0.2) is 14.4 Å². The van der Waals surface area contributed by atoms with Gasteiger partial charge >= 0.3 is 0 Å². The molecule has 34 heavy (non-hydrogen) atoms. The highest BCUT2D eigenvalue weighted by Gasteiger charge is 2.36. The lowest BCUT2D eigenvalue weighted by Crippen LogP contribution is -2.52. The number of alkyl halides is 1. The van der Waals surface area contributed by atoms with Crippen molar-refractivity contribution in [1.29, 1.82) is 0 Å². The van der Waals surface area contributed by atoms with E-state index in [2.05, 4.69) is 19.8 Å². The summed E-state index contributed by atoms with van der Waals surface area (Å²) in [7, 11) is 0. The zero-order valence-corrected chi connectivity index (χ0v) is 20.3. The highest BCUT2D eigenvalue weighted by molar-refractivity contribution is 6.30. The van der Waals surface area contributed by atoms with Crippen molar-refractivity contribution >= 4 is 23.3 Å². The predicted octanol–water partition coefficient (Wildman–Crippen LogP) is 3.41. The summed E-state index contributed by atoms with van der Waals surface area (Å²) in [6.07, 6.45) is 0.911. The maximum absolute atomic E-state index is 14.4. The first-order valence-electron chi connectivity index (χ1n) is 12.1. The van der Waals surface area contributed by atoms with E-state index in [4.69, 9.17) is 16.3 Å². The van der Waals surface area contributed by atoms with Crippen LogP contribution >= 0.6 is 11.6 Å². The van der Waals surface area contributed by atoms with Gasteiger partial charge in [0.1, 0.15) is 18.3 Å². The minimum absolute atomic E-state index is 0.101. The van der Waals surface area contributed by atoms with E-state index in [1.807, 2.05) is 36.1 Å². The highest BCUT2D eigenvalue weighted by atomic mass is 35.5. The van der Waals surface area contributed by atoms with Gasteiger partial charge in [-0.3, -0.25) is 9.69 Å². The lowest BCUT2D eigenvalue weighted by molar-refractivity contribution is -0.134. The normalized spacial score (nSPS) is 24.2. The number of piperazine rings is 1. The Hall–Kier alpha value is -2.29. The molecule has 0 N–H and O–H groups in total. The Morgan fingerprint density at radius 2 is 1.82 bits per heavy atom. The molecule has 3 heterocycles. The summed E-state index contributed by atoms with van der Waals surface area (Å²) in [6.45, 7) is 8.31. The van der Waals surface area contributed by atoms with E-state index < -0.39 is 6.17 Å². The molecule has 9 heteroatoms. The van der Waals surface area contributed by atoms with Crippen LogP contribution in [0.5, 0.6) is 0 Å². The third-order valence-corrected chi connectivity index (χ3v) is 7.50. The molecule has 1 aromatic heterocycles. The molecule has 7 nitrogen and oxygen atoms in total. The zero-order valence-electron chi connectivity index (χ0n) is 19.5.